The molecule has 1 atom stereocenters. The van der Waals surface area contributed by atoms with Crippen molar-refractivity contribution in [1.29, 1.82) is 0 Å². The Labute approximate surface area is 139 Å². The maximum Gasteiger partial charge on any atom is 0.326 e. The Morgan fingerprint density at radius 2 is 1.70 bits per heavy atom. The number of carboxylic acids is 1. The van der Waals surface area contributed by atoms with E-state index in [0.29, 0.717) is 17.7 Å². The Kier molecular flexibility index (Phi) is 5.09. The van der Waals surface area contributed by atoms with Crippen LogP contribution < -0.4 is 0 Å². The number of halogens is 1. The maximum absolute atomic E-state index is 11.6. The van der Waals surface area contributed by atoms with E-state index in [1.54, 1.807) is 0 Å². The number of imide groups is 2. The third kappa shape index (κ3) is 3.55. The number of hydrogen-bond donors (Lipinski definition) is 1. The first kappa shape index (κ1) is 17.1. The predicted molar refractivity (Wildman–Crippen MR) is 80.0 cm³/mol. The van der Waals surface area contributed by atoms with E-state index < -0.39 is 35.6 Å². The number of nitrogens with zero attached hydrogens (tertiary/aromatic N) is 2. The van der Waals surface area contributed by atoms with Gasteiger partial charge in [0.25, 0.3) is 23.6 Å². The zero-order valence-corrected chi connectivity index (χ0v) is 13.5. The third-order valence-electron chi connectivity index (χ3n) is 3.52. The molecule has 23 heavy (non-hydrogen) atoms. The molecule has 2 rings (SSSR count). The number of carbonyl (C=O) groups is 5. The number of rotatable bonds is 7. The molecular formula is C14H13BrN2O6. The summed E-state index contributed by atoms with van der Waals surface area (Å²) in [5.74, 6) is -3.43. The second-order valence-electron chi connectivity index (χ2n) is 5.02. The molecule has 0 saturated carbocycles. The fourth-order valence-corrected chi connectivity index (χ4v) is 2.79. The van der Waals surface area contributed by atoms with Gasteiger partial charge in [0, 0.05) is 24.8 Å². The van der Waals surface area contributed by atoms with Crippen LogP contribution in [0.3, 0.4) is 0 Å². The van der Waals surface area contributed by atoms with Crippen LogP contribution in [0.1, 0.15) is 19.3 Å². The molecule has 0 aromatic heterocycles. The Balaban J connectivity index is 1.86. The minimum atomic E-state index is -1.27. The van der Waals surface area contributed by atoms with Gasteiger partial charge in [0.05, 0.1) is 4.48 Å². The van der Waals surface area contributed by atoms with Crippen molar-refractivity contribution in [3.63, 3.8) is 0 Å². The summed E-state index contributed by atoms with van der Waals surface area (Å²) >= 11 is 2.98. The van der Waals surface area contributed by atoms with Crippen molar-refractivity contribution in [1.82, 2.24) is 9.80 Å². The lowest BCUT2D eigenvalue weighted by atomic mass is 10.1. The van der Waals surface area contributed by atoms with Crippen molar-refractivity contribution in [2.45, 2.75) is 25.3 Å². The van der Waals surface area contributed by atoms with Gasteiger partial charge in [-0.1, -0.05) is 0 Å². The Bertz CT molecular complexity index is 636. The molecule has 8 nitrogen and oxygen atoms in total. The van der Waals surface area contributed by atoms with Crippen LogP contribution in [0.4, 0.5) is 0 Å². The number of unbranched alkanes of at least 4 members (excludes halogenated alkanes) is 1. The average Bonchev–Trinajstić information content (AvgIpc) is 2.92. The topological polar surface area (TPSA) is 112 Å². The largest absolute Gasteiger partial charge is 0.480 e. The van der Waals surface area contributed by atoms with E-state index >= 15 is 0 Å². The number of aliphatic carboxylic acids is 1. The van der Waals surface area contributed by atoms with E-state index in [0.717, 1.165) is 17.1 Å². The lowest BCUT2D eigenvalue weighted by Gasteiger charge is -2.22. The minimum Gasteiger partial charge on any atom is -0.480 e. The molecule has 2 aliphatic rings. The molecule has 0 aromatic carbocycles. The van der Waals surface area contributed by atoms with Crippen molar-refractivity contribution in [3.05, 3.63) is 22.7 Å². The Hall–Kier alpha value is -2.29. The standard InChI is InChI=1S/C14H13BrN2O6/c15-8-7-12(20)16(13(8)21)6-2-1-3-9(14(22)23)17-10(18)4-5-11(17)19/h4-5,7,9H,1-3,6H2,(H,22,23)/t9-/m0/s1. The highest BCUT2D eigenvalue weighted by Crippen LogP contribution is 2.20. The third-order valence-corrected chi connectivity index (χ3v) is 4.08. The zero-order chi connectivity index (χ0) is 17.1. The molecule has 122 valence electrons. The second kappa shape index (κ2) is 6.86. The van der Waals surface area contributed by atoms with Crippen LogP contribution in [0.2, 0.25) is 0 Å². The summed E-state index contributed by atoms with van der Waals surface area (Å²) in [4.78, 5) is 59.3. The van der Waals surface area contributed by atoms with Gasteiger partial charge >= 0.3 is 5.97 Å². The van der Waals surface area contributed by atoms with Crippen LogP contribution in [-0.2, 0) is 24.0 Å². The molecule has 2 aliphatic heterocycles. The minimum absolute atomic E-state index is 0.0549. The molecule has 0 spiro atoms. The molecule has 1 N–H and O–H groups in total. The first-order chi connectivity index (χ1) is 10.8. The van der Waals surface area contributed by atoms with Gasteiger partial charge < -0.3 is 5.11 Å². The molecule has 0 fully saturated rings. The number of carboxylic acid groups (broad SMARTS) is 1. The van der Waals surface area contributed by atoms with Crippen molar-refractivity contribution in [3.8, 4) is 0 Å². The van der Waals surface area contributed by atoms with Crippen LogP contribution in [0.15, 0.2) is 22.7 Å². The van der Waals surface area contributed by atoms with Crippen LogP contribution in [0.5, 0.6) is 0 Å². The fraction of sp³-hybridized carbons (Fsp3) is 0.357. The molecule has 0 saturated heterocycles. The fourth-order valence-electron chi connectivity index (χ4n) is 2.38. The smallest absolute Gasteiger partial charge is 0.326 e. The summed E-state index contributed by atoms with van der Waals surface area (Å²) in [6, 6.07) is -1.25. The van der Waals surface area contributed by atoms with E-state index in [9.17, 15) is 29.1 Å². The normalized spacial score (nSPS) is 18.9. The van der Waals surface area contributed by atoms with E-state index in [4.69, 9.17) is 0 Å². The summed E-state index contributed by atoms with van der Waals surface area (Å²) in [6.07, 6.45) is 4.00. The van der Waals surface area contributed by atoms with Crippen LogP contribution in [-0.4, -0.2) is 57.1 Å². The molecule has 0 radical (unpaired) electrons. The molecular weight excluding hydrogens is 372 g/mol. The summed E-state index contributed by atoms with van der Waals surface area (Å²) in [5.41, 5.74) is 0. The SMILES string of the molecule is O=C(O)[C@H](CCCCN1C(=O)C=C(Br)C1=O)N1C(=O)C=CC1=O. The van der Waals surface area contributed by atoms with Crippen LogP contribution >= 0.6 is 15.9 Å². The summed E-state index contributed by atoms with van der Waals surface area (Å²) in [7, 11) is 0. The van der Waals surface area contributed by atoms with Crippen molar-refractivity contribution >= 4 is 45.5 Å². The quantitative estimate of drug-likeness (QED) is 0.494. The molecule has 0 unspecified atom stereocenters. The molecule has 0 aromatic rings. The highest BCUT2D eigenvalue weighted by Gasteiger charge is 2.35. The van der Waals surface area contributed by atoms with Gasteiger partial charge in [-0.3, -0.25) is 29.0 Å². The Morgan fingerprint density at radius 1 is 1.09 bits per heavy atom. The second-order valence-corrected chi connectivity index (χ2v) is 5.87. The number of amides is 4. The van der Waals surface area contributed by atoms with E-state index in [1.165, 1.54) is 6.08 Å². The van der Waals surface area contributed by atoms with E-state index in [2.05, 4.69) is 15.9 Å². The number of carbonyl (C=O) groups excluding carboxylic acids is 4. The van der Waals surface area contributed by atoms with Gasteiger partial charge in [-0.15, -0.1) is 0 Å². The van der Waals surface area contributed by atoms with Gasteiger partial charge in [0.15, 0.2) is 0 Å². The maximum atomic E-state index is 11.6. The summed E-state index contributed by atoms with van der Waals surface area (Å²) < 4.78 is 0.185. The van der Waals surface area contributed by atoms with Crippen LogP contribution in [0.25, 0.3) is 0 Å². The monoisotopic (exact) mass is 384 g/mol. The van der Waals surface area contributed by atoms with E-state index in [-0.39, 0.29) is 17.4 Å². The van der Waals surface area contributed by atoms with Crippen molar-refractivity contribution in [2.24, 2.45) is 0 Å². The molecule has 0 bridgehead atoms. The number of hydrogen-bond acceptors (Lipinski definition) is 5. The highest BCUT2D eigenvalue weighted by molar-refractivity contribution is 9.12. The van der Waals surface area contributed by atoms with Gasteiger partial charge in [-0.2, -0.15) is 0 Å². The predicted octanol–water partition coefficient (Wildman–Crippen LogP) is 0.182. The van der Waals surface area contributed by atoms with Gasteiger partial charge in [-0.05, 0) is 35.2 Å². The first-order valence-corrected chi connectivity index (χ1v) is 7.63. The zero-order valence-electron chi connectivity index (χ0n) is 11.9. The molecule has 9 heteroatoms. The summed E-state index contributed by atoms with van der Waals surface area (Å²) in [6.45, 7) is 0.149. The van der Waals surface area contributed by atoms with Crippen LogP contribution in [0, 0.1) is 0 Å². The lowest BCUT2D eigenvalue weighted by Crippen LogP contribution is -2.45. The van der Waals surface area contributed by atoms with Gasteiger partial charge in [0.2, 0.25) is 0 Å². The molecule has 2 heterocycles. The van der Waals surface area contributed by atoms with E-state index in [1.807, 2.05) is 0 Å². The first-order valence-electron chi connectivity index (χ1n) is 6.84. The summed E-state index contributed by atoms with van der Waals surface area (Å²) in [5, 5.41) is 9.19. The van der Waals surface area contributed by atoms with Gasteiger partial charge in [0.1, 0.15) is 6.04 Å². The molecule has 4 amide bonds. The highest BCUT2D eigenvalue weighted by atomic mass is 79.9. The van der Waals surface area contributed by atoms with Crippen molar-refractivity contribution in [2.75, 3.05) is 6.54 Å². The lowest BCUT2D eigenvalue weighted by molar-refractivity contribution is -0.153. The Morgan fingerprint density at radius 3 is 2.17 bits per heavy atom. The van der Waals surface area contributed by atoms with Crippen molar-refractivity contribution < 1.29 is 29.1 Å². The average molecular weight is 385 g/mol. The molecule has 0 aliphatic carbocycles. The van der Waals surface area contributed by atoms with Gasteiger partial charge in [-0.25, -0.2) is 4.79 Å².